The van der Waals surface area contributed by atoms with Crippen molar-refractivity contribution < 1.29 is 38.6 Å². The third-order valence-electron chi connectivity index (χ3n) is 10.3. The number of unbranched alkanes of at least 4 members (excludes halogenated alkanes) is 20. The monoisotopic (exact) mass is 815 g/mol. The number of hydrogen-bond donors (Lipinski definition) is 5. The summed E-state index contributed by atoms with van der Waals surface area (Å²) in [6.45, 7) is 5.45. The lowest BCUT2D eigenvalue weighted by Gasteiger charge is -2.44. The van der Waals surface area contributed by atoms with Crippen molar-refractivity contribution in [2.75, 3.05) is 25.4 Å². The number of aliphatic hydroxyl groups is 1. The normalized spacial score (nSPS) is 14.0. The maximum absolute atomic E-state index is 14.2. The molecule has 0 aliphatic heterocycles. The standard InChI is InChI=1S/C43H82N4O8S/c1-4-7-9-11-13-15-17-19-21-23-25-29-39(50)54-38(28-27-31-44)43(35-49,47(32-6-3)42(53)37(33-48)46-41(52)36(45)34-56)55-40(51)30-26-24-22-20-18-16-14-12-10-8-5-2/h35-38,48,56H,4-34,44-45H2,1-3H3,(H,46,52)/t36-,37-,38?,43-/m0/s1. The van der Waals surface area contributed by atoms with Gasteiger partial charge in [-0.05, 0) is 38.6 Å². The lowest BCUT2D eigenvalue weighted by Crippen LogP contribution is -2.67. The molecule has 4 atom stereocenters. The lowest BCUT2D eigenvalue weighted by atomic mass is 9.98. The number of carbonyl (C=O) groups excluding carboxylic acids is 5. The van der Waals surface area contributed by atoms with Crippen molar-refractivity contribution in [2.45, 2.75) is 218 Å². The molecule has 0 aliphatic carbocycles. The van der Waals surface area contributed by atoms with Gasteiger partial charge in [0, 0.05) is 25.1 Å². The van der Waals surface area contributed by atoms with Gasteiger partial charge in [0.05, 0.1) is 12.6 Å². The maximum Gasteiger partial charge on any atom is 0.308 e. The van der Waals surface area contributed by atoms with E-state index in [1.165, 1.54) is 83.5 Å². The van der Waals surface area contributed by atoms with Gasteiger partial charge < -0.3 is 31.4 Å². The third-order valence-corrected chi connectivity index (χ3v) is 10.7. The van der Waals surface area contributed by atoms with Gasteiger partial charge in [0.1, 0.15) is 6.04 Å². The van der Waals surface area contributed by atoms with E-state index in [1.54, 1.807) is 6.92 Å². The summed E-state index contributed by atoms with van der Waals surface area (Å²) in [7, 11) is 0. The number of rotatable bonds is 39. The first-order valence-electron chi connectivity index (χ1n) is 22.3. The van der Waals surface area contributed by atoms with Crippen molar-refractivity contribution in [3.05, 3.63) is 0 Å². The molecule has 1 unspecified atom stereocenters. The number of carbonyl (C=O) groups is 5. The topological polar surface area (TPSA) is 191 Å². The van der Waals surface area contributed by atoms with Crippen molar-refractivity contribution in [1.82, 2.24) is 10.2 Å². The van der Waals surface area contributed by atoms with Gasteiger partial charge >= 0.3 is 11.9 Å². The summed E-state index contributed by atoms with van der Waals surface area (Å²) in [5, 5.41) is 12.7. The van der Waals surface area contributed by atoms with Crippen LogP contribution in [-0.2, 0) is 33.4 Å². The summed E-state index contributed by atoms with van der Waals surface area (Å²) in [5.41, 5.74) is 9.32. The van der Waals surface area contributed by atoms with E-state index in [0.29, 0.717) is 32.0 Å². The molecule has 0 aromatic heterocycles. The van der Waals surface area contributed by atoms with Crippen LogP contribution in [0, 0.1) is 0 Å². The molecule has 0 aliphatic rings. The fraction of sp³-hybridized carbons (Fsp3) is 0.884. The second kappa shape index (κ2) is 35.9. The Labute approximate surface area is 345 Å². The summed E-state index contributed by atoms with van der Waals surface area (Å²) < 4.78 is 12.0. The molecular weight excluding hydrogens is 733 g/mol. The summed E-state index contributed by atoms with van der Waals surface area (Å²) in [4.78, 5) is 68.2. The minimum Gasteiger partial charge on any atom is -0.455 e. The van der Waals surface area contributed by atoms with Crippen LogP contribution in [-0.4, -0.2) is 89.4 Å². The highest BCUT2D eigenvalue weighted by molar-refractivity contribution is 7.80. The molecule has 328 valence electrons. The van der Waals surface area contributed by atoms with Crippen LogP contribution >= 0.6 is 12.6 Å². The van der Waals surface area contributed by atoms with E-state index in [9.17, 15) is 29.1 Å². The third kappa shape index (κ3) is 23.9. The molecule has 0 fully saturated rings. The minimum absolute atomic E-state index is 0.00593. The second-order valence-electron chi connectivity index (χ2n) is 15.3. The largest absolute Gasteiger partial charge is 0.455 e. The Bertz CT molecular complexity index is 1040. The number of hydrogen-bond acceptors (Lipinski definition) is 11. The van der Waals surface area contributed by atoms with Gasteiger partial charge in [-0.2, -0.15) is 12.6 Å². The molecule has 0 aromatic rings. The Morgan fingerprint density at radius 3 is 1.55 bits per heavy atom. The molecule has 13 heteroatoms. The highest BCUT2D eigenvalue weighted by Gasteiger charge is 2.53. The van der Waals surface area contributed by atoms with Gasteiger partial charge in [0.15, 0.2) is 12.4 Å². The Balaban J connectivity index is 5.96. The molecule has 0 saturated heterocycles. The molecule has 0 radical (unpaired) electrons. The van der Waals surface area contributed by atoms with Crippen LogP contribution in [0.3, 0.4) is 0 Å². The zero-order valence-electron chi connectivity index (χ0n) is 35.6. The Morgan fingerprint density at radius 2 is 1.16 bits per heavy atom. The molecule has 2 amide bonds. The first kappa shape index (κ1) is 53.8. The number of esters is 2. The SMILES string of the molecule is CCCCCCCCCCCCCC(=O)OC(CCCN)[C@](C=O)(OC(=O)CCCCCCCCCCCCC)N(CCC)C(=O)[C@H](CO)NC(=O)[C@@H](N)CS. The van der Waals surface area contributed by atoms with Crippen molar-refractivity contribution in [3.63, 3.8) is 0 Å². The molecule has 0 spiro atoms. The first-order valence-corrected chi connectivity index (χ1v) is 22.9. The van der Waals surface area contributed by atoms with Crippen molar-refractivity contribution in [1.29, 1.82) is 0 Å². The van der Waals surface area contributed by atoms with Crippen LogP contribution in [0.25, 0.3) is 0 Å². The van der Waals surface area contributed by atoms with Crippen LogP contribution in [0.5, 0.6) is 0 Å². The van der Waals surface area contributed by atoms with E-state index in [2.05, 4.69) is 31.8 Å². The van der Waals surface area contributed by atoms with E-state index in [4.69, 9.17) is 20.9 Å². The van der Waals surface area contributed by atoms with Crippen LogP contribution in [0.1, 0.15) is 194 Å². The fourth-order valence-corrected chi connectivity index (χ4v) is 7.01. The number of nitrogens with two attached hydrogens (primary N) is 2. The van der Waals surface area contributed by atoms with Gasteiger partial charge in [-0.15, -0.1) is 0 Å². The zero-order chi connectivity index (χ0) is 41.9. The van der Waals surface area contributed by atoms with Crippen molar-refractivity contribution >= 4 is 42.7 Å². The molecule has 0 rings (SSSR count). The van der Waals surface area contributed by atoms with Crippen molar-refractivity contribution in [3.8, 4) is 0 Å². The predicted molar refractivity (Wildman–Crippen MR) is 228 cm³/mol. The number of nitrogens with one attached hydrogen (secondary N) is 1. The van der Waals surface area contributed by atoms with Gasteiger partial charge in [-0.1, -0.05) is 149 Å². The van der Waals surface area contributed by atoms with Crippen molar-refractivity contribution in [2.24, 2.45) is 11.5 Å². The Kier molecular flexibility index (Phi) is 34.5. The molecule has 0 saturated carbocycles. The number of ether oxygens (including phenoxy) is 2. The summed E-state index contributed by atoms with van der Waals surface area (Å²) >= 11 is 4.05. The van der Waals surface area contributed by atoms with E-state index in [0.717, 1.165) is 49.8 Å². The number of thiol groups is 1. The Morgan fingerprint density at radius 1 is 0.714 bits per heavy atom. The smallest absolute Gasteiger partial charge is 0.308 e. The molecule has 12 nitrogen and oxygen atoms in total. The summed E-state index contributed by atoms with van der Waals surface area (Å²) in [6.07, 6.45) is 24.0. The van der Waals surface area contributed by atoms with E-state index < -0.39 is 54.3 Å². The number of aldehydes is 1. The fourth-order valence-electron chi connectivity index (χ4n) is 6.85. The molecule has 0 aromatic carbocycles. The van der Waals surface area contributed by atoms with Crippen LogP contribution in [0.4, 0.5) is 0 Å². The molecular formula is C43H82N4O8S. The van der Waals surface area contributed by atoms with E-state index in [1.807, 2.05) is 0 Å². The van der Waals surface area contributed by atoms with Gasteiger partial charge in [-0.3, -0.25) is 28.9 Å². The van der Waals surface area contributed by atoms with Crippen LogP contribution < -0.4 is 16.8 Å². The summed E-state index contributed by atoms with van der Waals surface area (Å²) in [6, 6.07) is -2.58. The summed E-state index contributed by atoms with van der Waals surface area (Å²) in [5.74, 6) is -2.92. The van der Waals surface area contributed by atoms with Gasteiger partial charge in [-0.25, -0.2) is 0 Å². The number of aliphatic hydroxyl groups excluding tert-OH is 1. The molecule has 6 N–H and O–H groups in total. The second-order valence-corrected chi connectivity index (χ2v) is 15.7. The number of nitrogens with zero attached hydrogens (tertiary/aromatic N) is 1. The highest BCUT2D eigenvalue weighted by atomic mass is 32.1. The lowest BCUT2D eigenvalue weighted by molar-refractivity contribution is -0.219. The highest BCUT2D eigenvalue weighted by Crippen LogP contribution is 2.29. The number of amides is 2. The average Bonchev–Trinajstić information content (AvgIpc) is 3.20. The Hall–Kier alpha value is -2.22. The zero-order valence-corrected chi connectivity index (χ0v) is 36.5. The molecule has 56 heavy (non-hydrogen) atoms. The first-order chi connectivity index (χ1) is 27.1. The van der Waals surface area contributed by atoms with Crippen LogP contribution in [0.2, 0.25) is 0 Å². The van der Waals surface area contributed by atoms with Gasteiger partial charge in [0.2, 0.25) is 5.91 Å². The predicted octanol–water partition coefficient (Wildman–Crippen LogP) is 7.45. The van der Waals surface area contributed by atoms with Gasteiger partial charge in [0.25, 0.3) is 11.6 Å². The maximum atomic E-state index is 14.2. The average molecular weight is 815 g/mol. The van der Waals surface area contributed by atoms with E-state index >= 15 is 0 Å². The van der Waals surface area contributed by atoms with E-state index in [-0.39, 0.29) is 38.1 Å². The quantitative estimate of drug-likeness (QED) is 0.0137. The molecule has 0 bridgehead atoms. The minimum atomic E-state index is -2.37. The molecule has 0 heterocycles. The van der Waals surface area contributed by atoms with Crippen LogP contribution in [0.15, 0.2) is 0 Å².